The third-order valence-corrected chi connectivity index (χ3v) is 13.3. The van der Waals surface area contributed by atoms with E-state index in [9.17, 15) is 0 Å². The highest BCUT2D eigenvalue weighted by atomic mass is 33.1. The Hall–Kier alpha value is -0.740. The number of fused-ring (bicyclic) bond motifs is 5. The van der Waals surface area contributed by atoms with Crippen LogP contribution in [0.5, 0.6) is 0 Å². The van der Waals surface area contributed by atoms with Crippen LogP contribution in [0.25, 0.3) is 0 Å². The van der Waals surface area contributed by atoms with Crippen molar-refractivity contribution in [2.45, 2.75) is 112 Å². The molecule has 0 aromatic carbocycles. The maximum absolute atomic E-state index is 6.07. The zero-order valence-electron chi connectivity index (χ0n) is 26.0. The van der Waals surface area contributed by atoms with Gasteiger partial charge in [0, 0.05) is 29.9 Å². The molecule has 4 heteroatoms. The Kier molecular flexibility index (Phi) is 11.5. The average molecular weight is 559 g/mol. The Balaban J connectivity index is 0.00000195. The molecular weight excluding hydrogens is 501 g/mol. The maximum atomic E-state index is 6.07. The number of nitrogens with two attached hydrogens (primary N) is 1. The van der Waals surface area contributed by atoms with Crippen LogP contribution in [0.15, 0.2) is 46.8 Å². The Morgan fingerprint density at radius 2 is 1.82 bits per heavy atom. The van der Waals surface area contributed by atoms with Crippen LogP contribution in [0.4, 0.5) is 0 Å². The second-order valence-electron chi connectivity index (χ2n) is 13.2. The number of nitrogens with one attached hydrogen (secondary N) is 1. The van der Waals surface area contributed by atoms with Crippen molar-refractivity contribution in [3.8, 4) is 0 Å². The Morgan fingerprint density at radius 1 is 1.08 bits per heavy atom. The van der Waals surface area contributed by atoms with Gasteiger partial charge in [-0.15, -0.1) is 0 Å². The lowest BCUT2D eigenvalue weighted by Crippen LogP contribution is -2.50. The minimum absolute atomic E-state index is 0.442. The third kappa shape index (κ3) is 6.76. The smallest absolute Gasteiger partial charge is 0.0449 e. The van der Waals surface area contributed by atoms with Gasteiger partial charge in [0.1, 0.15) is 0 Å². The first-order valence-electron chi connectivity index (χ1n) is 15.5. The van der Waals surface area contributed by atoms with Gasteiger partial charge in [-0.3, -0.25) is 0 Å². The normalized spacial score (nSPS) is 37.5. The van der Waals surface area contributed by atoms with Crippen molar-refractivity contribution in [2.24, 2.45) is 46.2 Å². The minimum Gasteiger partial charge on any atom is -0.400 e. The summed E-state index contributed by atoms with van der Waals surface area (Å²) in [6.07, 6.45) is 20.7. The number of rotatable bonds is 8. The molecule has 4 aliphatic carbocycles. The first-order chi connectivity index (χ1) is 18.1. The fourth-order valence-electron chi connectivity index (χ4n) is 8.99. The average Bonchev–Trinajstić information content (AvgIpc) is 3.22. The second kappa shape index (κ2) is 13.7. The zero-order valence-corrected chi connectivity index (χ0v) is 27.7. The Morgan fingerprint density at radius 3 is 2.50 bits per heavy atom. The van der Waals surface area contributed by atoms with Crippen molar-refractivity contribution < 1.29 is 0 Å². The highest BCUT2D eigenvalue weighted by Gasteiger charge is 2.58. The fraction of sp³-hybridized carbons (Fsp3) is 0.765. The molecular formula is C34H58N2S2. The quantitative estimate of drug-likeness (QED) is 0.230. The van der Waals surface area contributed by atoms with Gasteiger partial charge in [-0.05, 0) is 113 Å². The summed E-state index contributed by atoms with van der Waals surface area (Å²) in [4.78, 5) is 0. The summed E-state index contributed by atoms with van der Waals surface area (Å²) in [6.45, 7) is 18.6. The molecule has 4 aliphatic rings. The van der Waals surface area contributed by atoms with E-state index in [4.69, 9.17) is 5.73 Å². The molecule has 0 heterocycles. The van der Waals surface area contributed by atoms with Crippen LogP contribution in [-0.4, -0.2) is 18.1 Å². The fourth-order valence-corrected chi connectivity index (χ4v) is 11.6. The molecule has 3 saturated carbocycles. The van der Waals surface area contributed by atoms with E-state index in [-0.39, 0.29) is 0 Å². The van der Waals surface area contributed by atoms with Crippen molar-refractivity contribution in [1.82, 2.24) is 5.32 Å². The third-order valence-electron chi connectivity index (χ3n) is 10.5. The summed E-state index contributed by atoms with van der Waals surface area (Å²) in [5.74, 6) is 4.94. The summed E-state index contributed by atoms with van der Waals surface area (Å²) >= 11 is 0. The molecule has 0 bridgehead atoms. The van der Waals surface area contributed by atoms with Gasteiger partial charge < -0.3 is 11.1 Å². The topological polar surface area (TPSA) is 38.0 Å². The van der Waals surface area contributed by atoms with Gasteiger partial charge >= 0.3 is 0 Å². The lowest BCUT2D eigenvalue weighted by atomic mass is 9.47. The lowest BCUT2D eigenvalue weighted by Gasteiger charge is -2.58. The maximum Gasteiger partial charge on any atom is 0.0449 e. The van der Waals surface area contributed by atoms with E-state index in [1.54, 1.807) is 11.1 Å². The van der Waals surface area contributed by atoms with E-state index < -0.39 is 0 Å². The van der Waals surface area contributed by atoms with E-state index in [2.05, 4.69) is 75.9 Å². The largest absolute Gasteiger partial charge is 0.400 e. The summed E-state index contributed by atoms with van der Waals surface area (Å²) in [5.41, 5.74) is 12.9. The molecule has 8 atom stereocenters. The van der Waals surface area contributed by atoms with Gasteiger partial charge in [0.25, 0.3) is 0 Å². The van der Waals surface area contributed by atoms with Crippen molar-refractivity contribution in [1.29, 1.82) is 0 Å². The van der Waals surface area contributed by atoms with Crippen LogP contribution in [-0.2, 0) is 0 Å². The molecule has 0 radical (unpaired) electrons. The molecule has 3 N–H and O–H groups in total. The molecule has 0 spiro atoms. The van der Waals surface area contributed by atoms with Crippen LogP contribution >= 0.6 is 21.6 Å². The first kappa shape index (κ1) is 31.8. The van der Waals surface area contributed by atoms with Gasteiger partial charge in [-0.25, -0.2) is 0 Å². The standard InChI is InChI=1S/C32H52N2S2.C2H6/c1-21(2)16-22(3)17-23(4)28-10-11-29-27-9-8-24-18-26(36-35-20-25(33)19-34-7)12-14-31(24,5)30(27)13-15-32(28,29)6;1-2/h8,16-17,19,22,26-30,34H,9-15,18,20,33H2,1-7H3;1-2H3/b23-17-,25-19-;. The van der Waals surface area contributed by atoms with E-state index in [1.165, 1.54) is 56.9 Å². The predicted molar refractivity (Wildman–Crippen MR) is 174 cm³/mol. The molecule has 8 unspecified atom stereocenters. The van der Waals surface area contributed by atoms with Crippen molar-refractivity contribution in [2.75, 3.05) is 12.8 Å². The minimum atomic E-state index is 0.442. The van der Waals surface area contributed by atoms with Crippen LogP contribution in [0, 0.1) is 40.4 Å². The molecule has 0 saturated heterocycles. The number of allylic oxidation sites excluding steroid dienone is 6. The predicted octanol–water partition coefficient (Wildman–Crippen LogP) is 9.91. The molecule has 0 aromatic heterocycles. The molecule has 0 aliphatic heterocycles. The van der Waals surface area contributed by atoms with Crippen LogP contribution in [0.1, 0.15) is 107 Å². The lowest BCUT2D eigenvalue weighted by molar-refractivity contribution is -0.0357. The molecule has 216 valence electrons. The Bertz CT molecular complexity index is 913. The monoisotopic (exact) mass is 558 g/mol. The van der Waals surface area contributed by atoms with E-state index in [0.717, 1.165) is 40.4 Å². The summed E-state index contributed by atoms with van der Waals surface area (Å²) in [6, 6.07) is 0. The molecule has 4 rings (SSSR count). The molecule has 0 aromatic rings. The van der Waals surface area contributed by atoms with Crippen molar-refractivity contribution in [3.63, 3.8) is 0 Å². The Labute approximate surface area is 244 Å². The van der Waals surface area contributed by atoms with E-state index >= 15 is 0 Å². The SMILES string of the molecule is CC.CN/C=C(\N)CSSC1CCC2(C)C(=CCC3C2CCC2(C)C(/C(C)=C\C(C)C=C(C)C)CCC32)C1. The summed E-state index contributed by atoms with van der Waals surface area (Å²) in [7, 11) is 5.93. The van der Waals surface area contributed by atoms with Gasteiger partial charge in [-0.1, -0.05) is 91.2 Å². The zero-order chi connectivity index (χ0) is 28.1. The molecule has 2 nitrogen and oxygen atoms in total. The van der Waals surface area contributed by atoms with Crippen LogP contribution in [0.3, 0.4) is 0 Å². The van der Waals surface area contributed by atoms with E-state index in [0.29, 0.717) is 16.7 Å². The second-order valence-corrected chi connectivity index (χ2v) is 15.8. The first-order valence-corrected chi connectivity index (χ1v) is 17.9. The van der Waals surface area contributed by atoms with Crippen molar-refractivity contribution >= 4 is 21.6 Å². The highest BCUT2D eigenvalue weighted by Crippen LogP contribution is 2.67. The van der Waals surface area contributed by atoms with Gasteiger partial charge in [0.15, 0.2) is 0 Å². The molecule has 38 heavy (non-hydrogen) atoms. The summed E-state index contributed by atoms with van der Waals surface area (Å²) < 4.78 is 0. The highest BCUT2D eigenvalue weighted by molar-refractivity contribution is 8.77. The van der Waals surface area contributed by atoms with Crippen LogP contribution < -0.4 is 11.1 Å². The molecule has 0 amide bonds. The molecule has 3 fully saturated rings. The van der Waals surface area contributed by atoms with Crippen molar-refractivity contribution in [3.05, 3.63) is 46.8 Å². The van der Waals surface area contributed by atoms with E-state index in [1.807, 2.05) is 37.9 Å². The summed E-state index contributed by atoms with van der Waals surface area (Å²) in [5, 5.41) is 3.79. The number of hydrogen-bond acceptors (Lipinski definition) is 4. The number of hydrogen-bond donors (Lipinski definition) is 2. The van der Waals surface area contributed by atoms with Gasteiger partial charge in [0.05, 0.1) is 0 Å². The van der Waals surface area contributed by atoms with Gasteiger partial charge in [0.2, 0.25) is 0 Å². The van der Waals surface area contributed by atoms with Gasteiger partial charge in [-0.2, -0.15) is 0 Å². The van der Waals surface area contributed by atoms with Crippen LogP contribution in [0.2, 0.25) is 0 Å².